The minimum absolute atomic E-state index is 0.123. The number of carbonyl (C=O) groups is 2. The molecule has 2 aliphatic rings. The lowest BCUT2D eigenvalue weighted by Crippen LogP contribution is -2.56. The number of amides is 1. The number of nitrogens with two attached hydrogens (primary N) is 1. The molecule has 1 saturated heterocycles. The maximum Gasteiger partial charge on any atom is 0.407 e. The second-order valence-electron chi connectivity index (χ2n) is 11.4. The second kappa shape index (κ2) is 14.5. The number of halogens is 1. The van der Waals surface area contributed by atoms with Gasteiger partial charge in [-0.2, -0.15) is 20.0 Å². The number of nitrogens with zero attached hydrogens (tertiary/aromatic N) is 7. The van der Waals surface area contributed by atoms with E-state index in [1.54, 1.807) is 12.1 Å². The standard InChI is InChI=1S/C30H36ClN11O4/c1-3-35-27-28-36-15-20(14-33)42(28)40-29(39-27)37-22-10-18(13-32)11-23(26(22)31)41-9-8-21(38-30(44)45-2)24(16-41)46-25(43)12-17-4-6-19(34)7-5-17/h10-11,15,17,19,21,24H,3-9,12,16,34H2,1-2H3,(H,38,44)(H2,35,37,39,40)/t17?,19?,21?,24-/m1/s1. The summed E-state index contributed by atoms with van der Waals surface area (Å²) in [5, 5.41) is 33.1. The number of esters is 1. The van der Waals surface area contributed by atoms with Gasteiger partial charge in [-0.25, -0.2) is 9.78 Å². The molecular weight excluding hydrogens is 614 g/mol. The molecule has 5 rings (SSSR count). The van der Waals surface area contributed by atoms with Crippen molar-refractivity contribution in [2.45, 2.75) is 63.6 Å². The number of methoxy groups -OCH3 is 1. The summed E-state index contributed by atoms with van der Waals surface area (Å²) >= 11 is 6.95. The van der Waals surface area contributed by atoms with Gasteiger partial charge >= 0.3 is 12.1 Å². The quantitative estimate of drug-likeness (QED) is 0.245. The molecule has 1 aliphatic carbocycles. The van der Waals surface area contributed by atoms with Crippen molar-refractivity contribution in [3.63, 3.8) is 0 Å². The molecule has 2 fully saturated rings. The lowest BCUT2D eigenvalue weighted by molar-refractivity contribution is -0.152. The Morgan fingerprint density at radius 3 is 2.65 bits per heavy atom. The number of imidazole rings is 1. The zero-order chi connectivity index (χ0) is 32.8. The SMILES string of the molecule is CCNc1nc(Nc2cc(C#N)cc(N3CCC(NC(=O)OC)[C@H](OC(=O)CC4CCC(N)CC4)C3)c2Cl)nn2c(C#N)cnc12. The average Bonchev–Trinajstić information content (AvgIpc) is 3.47. The predicted octanol–water partition coefficient (Wildman–Crippen LogP) is 3.45. The van der Waals surface area contributed by atoms with Crippen molar-refractivity contribution in [2.75, 3.05) is 42.3 Å². The van der Waals surface area contributed by atoms with Crippen molar-refractivity contribution in [1.29, 1.82) is 10.5 Å². The summed E-state index contributed by atoms with van der Waals surface area (Å²) in [5.74, 6) is 0.395. The number of carbonyl (C=O) groups excluding carboxylic acids is 2. The number of aromatic nitrogens is 4. The number of hydrogen-bond acceptors (Lipinski definition) is 13. The van der Waals surface area contributed by atoms with Gasteiger partial charge in [-0.05, 0) is 57.1 Å². The van der Waals surface area contributed by atoms with E-state index < -0.39 is 18.2 Å². The molecule has 1 unspecified atom stereocenters. The highest BCUT2D eigenvalue weighted by Crippen LogP contribution is 2.38. The van der Waals surface area contributed by atoms with Crippen LogP contribution in [-0.4, -0.2) is 76.6 Å². The number of nitrogens with one attached hydrogen (secondary N) is 3. The molecule has 242 valence electrons. The van der Waals surface area contributed by atoms with E-state index in [9.17, 15) is 20.1 Å². The zero-order valence-electron chi connectivity index (χ0n) is 25.6. The van der Waals surface area contributed by atoms with Crippen LogP contribution in [-0.2, 0) is 14.3 Å². The molecule has 1 aliphatic heterocycles. The molecule has 1 amide bonds. The predicted molar refractivity (Wildman–Crippen MR) is 170 cm³/mol. The molecular formula is C30H36ClN11O4. The van der Waals surface area contributed by atoms with E-state index in [4.69, 9.17) is 26.8 Å². The molecule has 2 atom stereocenters. The van der Waals surface area contributed by atoms with Crippen molar-refractivity contribution in [3.8, 4) is 12.1 Å². The van der Waals surface area contributed by atoms with Crippen molar-refractivity contribution in [2.24, 2.45) is 11.7 Å². The third kappa shape index (κ3) is 7.33. The van der Waals surface area contributed by atoms with Crippen molar-refractivity contribution in [3.05, 3.63) is 34.6 Å². The van der Waals surface area contributed by atoms with Crippen molar-refractivity contribution >= 4 is 52.5 Å². The first-order valence-corrected chi connectivity index (χ1v) is 15.6. The van der Waals surface area contributed by atoms with E-state index in [0.717, 1.165) is 25.7 Å². The van der Waals surface area contributed by atoms with Gasteiger partial charge in [-0.15, -0.1) is 5.10 Å². The normalized spacial score (nSPS) is 21.1. The Kier molecular flexibility index (Phi) is 10.2. The van der Waals surface area contributed by atoms with Crippen LogP contribution in [0.2, 0.25) is 5.02 Å². The number of fused-ring (bicyclic) bond motifs is 1. The van der Waals surface area contributed by atoms with Crippen LogP contribution < -0.4 is 26.6 Å². The molecule has 1 saturated carbocycles. The van der Waals surface area contributed by atoms with Gasteiger partial charge in [0.15, 0.2) is 17.2 Å². The van der Waals surface area contributed by atoms with Crippen LogP contribution in [0.3, 0.4) is 0 Å². The third-order valence-electron chi connectivity index (χ3n) is 8.27. The Bertz CT molecular complexity index is 1680. The minimum atomic E-state index is -0.705. The van der Waals surface area contributed by atoms with Crippen LogP contribution in [0.15, 0.2) is 18.3 Å². The summed E-state index contributed by atoms with van der Waals surface area (Å²) in [6.07, 6.45) is 4.27. The molecule has 0 spiro atoms. The number of piperidine rings is 1. The van der Waals surface area contributed by atoms with Crippen molar-refractivity contribution in [1.82, 2.24) is 24.9 Å². The van der Waals surface area contributed by atoms with E-state index in [1.807, 2.05) is 11.8 Å². The fourth-order valence-corrected chi connectivity index (χ4v) is 6.16. The Hall–Kier alpha value is -4.86. The maximum atomic E-state index is 13.1. The highest BCUT2D eigenvalue weighted by molar-refractivity contribution is 6.36. The largest absolute Gasteiger partial charge is 0.458 e. The number of rotatable bonds is 9. The van der Waals surface area contributed by atoms with Crippen LogP contribution >= 0.6 is 11.6 Å². The van der Waals surface area contributed by atoms with E-state index in [1.165, 1.54) is 17.8 Å². The average molecular weight is 650 g/mol. The monoisotopic (exact) mass is 649 g/mol. The van der Waals surface area contributed by atoms with Gasteiger partial charge in [0.05, 0.1) is 53.9 Å². The molecule has 3 heterocycles. The van der Waals surface area contributed by atoms with E-state index in [-0.39, 0.29) is 47.6 Å². The molecule has 3 aromatic rings. The van der Waals surface area contributed by atoms with Gasteiger partial charge in [0.25, 0.3) is 0 Å². The van der Waals surface area contributed by atoms with E-state index in [0.29, 0.717) is 47.9 Å². The number of hydrogen-bond donors (Lipinski definition) is 4. The number of benzene rings is 1. The summed E-state index contributed by atoms with van der Waals surface area (Å²) in [7, 11) is 1.28. The smallest absolute Gasteiger partial charge is 0.407 e. The van der Waals surface area contributed by atoms with Crippen LogP contribution in [0.5, 0.6) is 0 Å². The number of nitriles is 2. The fourth-order valence-electron chi connectivity index (χ4n) is 5.89. The maximum absolute atomic E-state index is 13.1. The number of ether oxygens (including phenoxy) is 2. The van der Waals surface area contributed by atoms with Crippen molar-refractivity contribution < 1.29 is 19.1 Å². The van der Waals surface area contributed by atoms with Crippen LogP contribution in [0, 0.1) is 28.6 Å². The molecule has 0 radical (unpaired) electrons. The van der Waals surface area contributed by atoms with Gasteiger partial charge in [0, 0.05) is 25.6 Å². The summed E-state index contributed by atoms with van der Waals surface area (Å²) < 4.78 is 12.2. The van der Waals surface area contributed by atoms with Crippen LogP contribution in [0.1, 0.15) is 56.7 Å². The van der Waals surface area contributed by atoms with Crippen LogP contribution in [0.4, 0.5) is 27.9 Å². The minimum Gasteiger partial charge on any atom is -0.458 e. The topological polar surface area (TPSA) is 209 Å². The summed E-state index contributed by atoms with van der Waals surface area (Å²) in [6, 6.07) is 7.14. The highest BCUT2D eigenvalue weighted by Gasteiger charge is 2.35. The van der Waals surface area contributed by atoms with E-state index in [2.05, 4.69) is 43.2 Å². The van der Waals surface area contributed by atoms with E-state index >= 15 is 0 Å². The zero-order valence-corrected chi connectivity index (χ0v) is 26.4. The highest BCUT2D eigenvalue weighted by atomic mass is 35.5. The molecule has 15 nitrogen and oxygen atoms in total. The third-order valence-corrected chi connectivity index (χ3v) is 8.67. The summed E-state index contributed by atoms with van der Waals surface area (Å²) in [5.41, 5.74) is 7.82. The fraction of sp³-hybridized carbons (Fsp3) is 0.500. The van der Waals surface area contributed by atoms with Gasteiger partial charge in [-0.1, -0.05) is 11.6 Å². The number of anilines is 4. The van der Waals surface area contributed by atoms with Crippen LogP contribution in [0.25, 0.3) is 5.65 Å². The molecule has 1 aromatic carbocycles. The molecule has 0 bridgehead atoms. The first-order valence-electron chi connectivity index (χ1n) is 15.2. The lowest BCUT2D eigenvalue weighted by atomic mass is 9.84. The van der Waals surface area contributed by atoms with Gasteiger partial charge in [-0.3, -0.25) is 4.79 Å². The second-order valence-corrected chi connectivity index (χ2v) is 11.8. The first-order chi connectivity index (χ1) is 22.2. The van der Waals surface area contributed by atoms with Gasteiger partial charge in [0.1, 0.15) is 12.2 Å². The molecule has 5 N–H and O–H groups in total. The Morgan fingerprint density at radius 1 is 1.17 bits per heavy atom. The lowest BCUT2D eigenvalue weighted by Gasteiger charge is -2.40. The molecule has 46 heavy (non-hydrogen) atoms. The van der Waals surface area contributed by atoms with Gasteiger partial charge < -0.3 is 36.1 Å². The first kappa shape index (κ1) is 32.5. The summed E-state index contributed by atoms with van der Waals surface area (Å²) in [4.78, 5) is 35.9. The summed E-state index contributed by atoms with van der Waals surface area (Å²) in [6.45, 7) is 3.10. The Balaban J connectivity index is 1.40. The Labute approximate surface area is 271 Å². The Morgan fingerprint density at radius 2 is 1.96 bits per heavy atom. The number of alkyl carbamates (subject to hydrolysis) is 1. The molecule has 16 heteroatoms. The molecule has 2 aromatic heterocycles. The van der Waals surface area contributed by atoms with Gasteiger partial charge in [0.2, 0.25) is 5.95 Å².